The molecule has 0 bridgehead atoms. The highest BCUT2D eigenvalue weighted by Crippen LogP contribution is 2.49. The van der Waals surface area contributed by atoms with Gasteiger partial charge < -0.3 is 8.85 Å². The van der Waals surface area contributed by atoms with Gasteiger partial charge in [-0.3, -0.25) is 0 Å². The van der Waals surface area contributed by atoms with Gasteiger partial charge in [-0.25, -0.2) is 0 Å². The first-order valence-corrected chi connectivity index (χ1v) is 13.1. The zero-order valence-corrected chi connectivity index (χ0v) is 20.2. The van der Waals surface area contributed by atoms with E-state index in [1.807, 2.05) is 6.08 Å². The Morgan fingerprint density at radius 1 is 0.897 bits per heavy atom. The lowest BCUT2D eigenvalue weighted by atomic mass is 9.72. The molecule has 4 rings (SSSR count). The van der Waals surface area contributed by atoms with Gasteiger partial charge in [-0.2, -0.15) is 0 Å². The topological polar surface area (TPSA) is 18.5 Å². The van der Waals surface area contributed by atoms with Crippen molar-refractivity contribution in [1.82, 2.24) is 0 Å². The van der Waals surface area contributed by atoms with E-state index in [2.05, 4.69) is 104 Å². The van der Waals surface area contributed by atoms with Gasteiger partial charge in [0.1, 0.15) is 10.5 Å². The molecule has 2 unspecified atom stereocenters. The molecule has 0 radical (unpaired) electrons. The Hall–Kier alpha value is -2.25. The summed E-state index contributed by atoms with van der Waals surface area (Å²) < 4.78 is 13.6. The van der Waals surface area contributed by atoms with Crippen LogP contribution in [0.3, 0.4) is 0 Å². The minimum absolute atomic E-state index is 0.294. The quantitative estimate of drug-likeness (QED) is 0.469. The Morgan fingerprint density at radius 3 is 1.83 bits per heavy atom. The van der Waals surface area contributed by atoms with Crippen molar-refractivity contribution >= 4 is 29.2 Å². The molecule has 0 amide bonds. The van der Waals surface area contributed by atoms with E-state index in [1.54, 1.807) is 0 Å². The van der Waals surface area contributed by atoms with Gasteiger partial charge in [0, 0.05) is 5.41 Å². The van der Waals surface area contributed by atoms with Crippen molar-refractivity contribution < 1.29 is 8.85 Å². The van der Waals surface area contributed by atoms with Gasteiger partial charge in [0.25, 0.3) is 8.32 Å². The minimum atomic E-state index is -2.51. The molecule has 1 heterocycles. The first-order valence-electron chi connectivity index (χ1n) is 10.2. The van der Waals surface area contributed by atoms with Crippen LogP contribution in [0.15, 0.2) is 104 Å². The molecule has 0 aliphatic carbocycles. The van der Waals surface area contributed by atoms with Gasteiger partial charge in [-0.05, 0) is 34.5 Å². The van der Waals surface area contributed by atoms with Crippen LogP contribution in [0.5, 0.6) is 0 Å². The van der Waals surface area contributed by atoms with E-state index >= 15 is 0 Å². The van der Waals surface area contributed by atoms with Crippen LogP contribution in [0.1, 0.15) is 18.9 Å². The second-order valence-corrected chi connectivity index (χ2v) is 11.9. The first-order chi connectivity index (χ1) is 14.1. The normalized spacial score (nSPS) is 26.1. The van der Waals surface area contributed by atoms with Gasteiger partial charge in [-0.15, -0.1) is 0 Å². The van der Waals surface area contributed by atoms with E-state index in [0.717, 1.165) is 12.5 Å². The molecule has 0 N–H and O–H groups in total. The monoisotopic (exact) mass is 416 g/mol. The molecule has 1 saturated heterocycles. The SMILES string of the molecule is C=CC1(O[SiH3])O[Si](c2ccccc2)(c2ccccc2)CCC1(C)c1ccccc1. The van der Waals surface area contributed by atoms with Crippen molar-refractivity contribution in [3.8, 4) is 0 Å². The van der Waals surface area contributed by atoms with Crippen LogP contribution >= 0.6 is 0 Å². The Labute approximate surface area is 177 Å². The Morgan fingerprint density at radius 2 is 1.38 bits per heavy atom. The smallest absolute Gasteiger partial charge is 0.260 e. The molecular formula is C25H28O2Si2. The predicted molar refractivity (Wildman–Crippen MR) is 126 cm³/mol. The van der Waals surface area contributed by atoms with Gasteiger partial charge in [-0.1, -0.05) is 104 Å². The van der Waals surface area contributed by atoms with Crippen LogP contribution < -0.4 is 10.4 Å². The lowest BCUT2D eigenvalue weighted by Crippen LogP contribution is -2.72. The number of benzene rings is 3. The molecular weight excluding hydrogens is 388 g/mol. The minimum Gasteiger partial charge on any atom is -0.398 e. The summed E-state index contributed by atoms with van der Waals surface area (Å²) in [5.41, 5.74) is 0.942. The Kier molecular flexibility index (Phi) is 5.45. The second-order valence-electron chi connectivity index (χ2n) is 7.94. The molecule has 1 aliphatic heterocycles. The zero-order valence-electron chi connectivity index (χ0n) is 17.2. The van der Waals surface area contributed by atoms with Crippen LogP contribution in [0, 0.1) is 0 Å². The highest BCUT2D eigenvalue weighted by Gasteiger charge is 2.59. The fourth-order valence-corrected chi connectivity index (χ4v) is 10.1. The van der Waals surface area contributed by atoms with Crippen molar-refractivity contribution in [3.63, 3.8) is 0 Å². The Bertz CT molecular complexity index is 922. The van der Waals surface area contributed by atoms with Crippen LogP contribution in [-0.4, -0.2) is 24.6 Å². The van der Waals surface area contributed by atoms with Crippen LogP contribution in [0.25, 0.3) is 0 Å². The molecule has 2 atom stereocenters. The van der Waals surface area contributed by atoms with Crippen molar-refractivity contribution in [2.24, 2.45) is 0 Å². The van der Waals surface area contributed by atoms with Crippen molar-refractivity contribution in [3.05, 3.63) is 109 Å². The van der Waals surface area contributed by atoms with E-state index < -0.39 is 14.1 Å². The highest BCUT2D eigenvalue weighted by molar-refractivity contribution is 6.97. The zero-order chi connectivity index (χ0) is 20.4. The third kappa shape index (κ3) is 3.17. The van der Waals surface area contributed by atoms with Crippen LogP contribution in [0.2, 0.25) is 6.04 Å². The lowest BCUT2D eigenvalue weighted by Gasteiger charge is -2.56. The average molecular weight is 417 g/mol. The maximum Gasteiger partial charge on any atom is 0.260 e. The molecule has 29 heavy (non-hydrogen) atoms. The fraction of sp³-hybridized carbons (Fsp3) is 0.200. The van der Waals surface area contributed by atoms with Gasteiger partial charge >= 0.3 is 0 Å². The van der Waals surface area contributed by atoms with Crippen molar-refractivity contribution in [2.75, 3.05) is 0 Å². The molecule has 4 heteroatoms. The molecule has 3 aromatic rings. The summed E-state index contributed by atoms with van der Waals surface area (Å²) in [7, 11) is -1.94. The Balaban J connectivity index is 1.90. The molecule has 2 nitrogen and oxygen atoms in total. The molecule has 3 aromatic carbocycles. The van der Waals surface area contributed by atoms with Gasteiger partial charge in [0.2, 0.25) is 0 Å². The van der Waals surface area contributed by atoms with Gasteiger partial charge in [0.15, 0.2) is 5.79 Å². The summed E-state index contributed by atoms with van der Waals surface area (Å²) in [5.74, 6) is -0.850. The summed E-state index contributed by atoms with van der Waals surface area (Å²) >= 11 is 0. The number of rotatable bonds is 5. The molecule has 1 aliphatic rings. The van der Waals surface area contributed by atoms with Crippen molar-refractivity contribution in [2.45, 2.75) is 30.6 Å². The fourth-order valence-electron chi connectivity index (χ4n) is 4.78. The summed E-state index contributed by atoms with van der Waals surface area (Å²) in [4.78, 5) is 0. The van der Waals surface area contributed by atoms with Crippen LogP contribution in [0.4, 0.5) is 0 Å². The largest absolute Gasteiger partial charge is 0.398 e. The number of hydrogen-bond acceptors (Lipinski definition) is 2. The first kappa shape index (κ1) is 20.0. The third-order valence-electron chi connectivity index (χ3n) is 6.54. The van der Waals surface area contributed by atoms with E-state index in [9.17, 15) is 0 Å². The van der Waals surface area contributed by atoms with Crippen molar-refractivity contribution in [1.29, 1.82) is 0 Å². The summed E-state index contributed by atoms with van der Waals surface area (Å²) in [6.07, 6.45) is 2.88. The van der Waals surface area contributed by atoms with E-state index in [-0.39, 0.29) is 5.41 Å². The summed E-state index contributed by atoms with van der Waals surface area (Å²) in [6.45, 7) is 6.46. The summed E-state index contributed by atoms with van der Waals surface area (Å²) in [5, 5.41) is 2.57. The van der Waals surface area contributed by atoms with Crippen LogP contribution in [-0.2, 0) is 14.3 Å². The third-order valence-corrected chi connectivity index (χ3v) is 11.3. The molecule has 1 fully saturated rings. The standard InChI is InChI=1S/C25H28O2Si2/c1-3-25(26-28)24(2,21-13-7-4-8-14-21)19-20-29(27-25,22-15-9-5-10-16-22)23-17-11-6-12-18-23/h3-18H,1,19-20H2,2,28H3. The van der Waals surface area contributed by atoms with E-state index in [4.69, 9.17) is 8.85 Å². The second kappa shape index (κ2) is 7.88. The van der Waals surface area contributed by atoms with E-state index in [0.29, 0.717) is 10.5 Å². The van der Waals surface area contributed by atoms with Gasteiger partial charge in [0.05, 0.1) is 0 Å². The number of hydrogen-bond donors (Lipinski definition) is 0. The molecule has 0 saturated carbocycles. The molecule has 148 valence electrons. The van der Waals surface area contributed by atoms with E-state index in [1.165, 1.54) is 15.9 Å². The maximum absolute atomic E-state index is 7.24. The molecule has 0 spiro atoms. The summed E-state index contributed by atoms with van der Waals surface area (Å²) in [6, 6.07) is 33.0. The molecule has 0 aromatic heterocycles. The maximum atomic E-state index is 7.24. The highest BCUT2D eigenvalue weighted by atomic mass is 28.4. The lowest BCUT2D eigenvalue weighted by molar-refractivity contribution is -0.141. The average Bonchev–Trinajstić information content (AvgIpc) is 2.81. The predicted octanol–water partition coefficient (Wildman–Crippen LogP) is 3.30.